The number of hydrogen-bond acceptors (Lipinski definition) is 17. The maximum absolute atomic E-state index is 12.9. The number of carboxylic acids is 1. The second-order valence-corrected chi connectivity index (χ2v) is 17.4. The van der Waals surface area contributed by atoms with E-state index in [-0.39, 0.29) is 31.6 Å². The van der Waals surface area contributed by atoms with E-state index in [4.69, 9.17) is 19.9 Å². The summed E-state index contributed by atoms with van der Waals surface area (Å²) >= 11 is 0. The number of aliphatic hydroxyl groups excluding tert-OH is 10. The van der Waals surface area contributed by atoms with Crippen molar-refractivity contribution in [3.05, 3.63) is 72.9 Å². The standard InChI is InChI=1S/C47H75NO17/c1-27-17-15-13-11-9-7-5-6-8-10-12-14-16-18-35(65-47-45(60)42(48)44(59)30(4)64-47)26-39(56)41(46(61)62)38(55)24-34(52)23-37(54)36(53)20-19-31(49)21-32(50)22-33(51)25-40(57)63-29(3)28(2)43(27)58/h5-6,8,10-18,27-33,35-39,41-45,47,49-51,53-56,58-60H,7,9,19-26,48H2,1-4H3,(H,61,62)/b6-5+,10-8+,13-11+,14-12+,17-15+,18-16+/t27-,28-,29+,30+,31+,32+,33+,35+,36-,37-,38+,39-,41-,42-,43-,44+,45-,47-/m0/s1. The lowest BCUT2D eigenvalue weighted by Gasteiger charge is -2.41. The Morgan fingerprint density at radius 2 is 1.18 bits per heavy atom. The molecule has 0 aromatic rings. The van der Waals surface area contributed by atoms with Gasteiger partial charge < -0.3 is 76.1 Å². The summed E-state index contributed by atoms with van der Waals surface area (Å²) in [6.07, 6.45) is 0.848. The van der Waals surface area contributed by atoms with E-state index in [1.54, 1.807) is 44.2 Å². The number of aliphatic hydroxyl groups is 10. The van der Waals surface area contributed by atoms with Crippen molar-refractivity contribution >= 4 is 17.7 Å². The Morgan fingerprint density at radius 1 is 0.615 bits per heavy atom. The van der Waals surface area contributed by atoms with E-state index in [0.29, 0.717) is 0 Å². The van der Waals surface area contributed by atoms with Crippen molar-refractivity contribution in [2.75, 3.05) is 0 Å². The molecule has 18 atom stereocenters. The Morgan fingerprint density at radius 3 is 1.83 bits per heavy atom. The third-order valence-electron chi connectivity index (χ3n) is 11.7. The maximum Gasteiger partial charge on any atom is 0.311 e. The summed E-state index contributed by atoms with van der Waals surface area (Å²) in [5.41, 5.74) is 5.96. The topological polar surface area (TPSA) is 327 Å². The van der Waals surface area contributed by atoms with Gasteiger partial charge in [-0.1, -0.05) is 86.8 Å². The number of Topliss-reactive ketones (excluding diaryl/α,β-unsaturated/α-hetero) is 1. The van der Waals surface area contributed by atoms with Gasteiger partial charge in [0.15, 0.2) is 6.29 Å². The molecule has 2 aliphatic rings. The van der Waals surface area contributed by atoms with Crippen molar-refractivity contribution in [3.8, 4) is 0 Å². The largest absolute Gasteiger partial charge is 0.481 e. The molecule has 0 bridgehead atoms. The van der Waals surface area contributed by atoms with Gasteiger partial charge in [-0.15, -0.1) is 0 Å². The van der Waals surface area contributed by atoms with Gasteiger partial charge in [0.25, 0.3) is 0 Å². The van der Waals surface area contributed by atoms with Crippen LogP contribution in [0.1, 0.15) is 91.9 Å². The molecule has 370 valence electrons. The van der Waals surface area contributed by atoms with Gasteiger partial charge in [-0.3, -0.25) is 14.4 Å². The van der Waals surface area contributed by atoms with E-state index in [9.17, 15) is 70.6 Å². The second-order valence-electron chi connectivity index (χ2n) is 17.4. The molecule has 13 N–H and O–H groups in total. The van der Waals surface area contributed by atoms with Crippen LogP contribution in [0, 0.1) is 17.8 Å². The van der Waals surface area contributed by atoms with Crippen LogP contribution < -0.4 is 5.73 Å². The molecule has 18 nitrogen and oxygen atoms in total. The molecule has 0 radical (unpaired) electrons. The Labute approximate surface area is 381 Å². The summed E-state index contributed by atoms with van der Waals surface area (Å²) in [7, 11) is 0. The summed E-state index contributed by atoms with van der Waals surface area (Å²) < 4.78 is 17.0. The van der Waals surface area contributed by atoms with Gasteiger partial charge in [0.1, 0.15) is 23.9 Å². The monoisotopic (exact) mass is 926 g/mol. The molecule has 1 saturated heterocycles. The van der Waals surface area contributed by atoms with Crippen LogP contribution in [0.2, 0.25) is 0 Å². The molecule has 0 aromatic heterocycles. The van der Waals surface area contributed by atoms with Gasteiger partial charge in [0.2, 0.25) is 0 Å². The lowest BCUT2D eigenvalue weighted by molar-refractivity contribution is -0.277. The number of rotatable bonds is 3. The lowest BCUT2D eigenvalue weighted by atomic mass is 9.88. The van der Waals surface area contributed by atoms with Gasteiger partial charge >= 0.3 is 11.9 Å². The Kier molecular flexibility index (Phi) is 26.6. The average molecular weight is 926 g/mol. The first kappa shape index (κ1) is 57.7. The van der Waals surface area contributed by atoms with Gasteiger partial charge in [0.05, 0.1) is 79.6 Å². The maximum atomic E-state index is 12.9. The highest BCUT2D eigenvalue weighted by molar-refractivity contribution is 5.81. The van der Waals surface area contributed by atoms with Crippen LogP contribution in [0.4, 0.5) is 0 Å². The van der Waals surface area contributed by atoms with Gasteiger partial charge in [-0.05, 0) is 52.4 Å². The molecule has 2 rings (SSSR count). The molecule has 0 aliphatic carbocycles. The number of hydrogen-bond donors (Lipinski definition) is 12. The summed E-state index contributed by atoms with van der Waals surface area (Å²) in [6, 6.07) is -1.15. The summed E-state index contributed by atoms with van der Waals surface area (Å²) in [5, 5.41) is 116. The first-order chi connectivity index (χ1) is 30.6. The van der Waals surface area contributed by atoms with Crippen LogP contribution in [0.15, 0.2) is 72.9 Å². The predicted octanol–water partition coefficient (Wildman–Crippen LogP) is 0.778. The number of cyclic esters (lactones) is 1. The highest BCUT2D eigenvalue weighted by Gasteiger charge is 2.43. The van der Waals surface area contributed by atoms with Crippen molar-refractivity contribution in [1.82, 2.24) is 0 Å². The fraction of sp³-hybridized carbons (Fsp3) is 0.681. The van der Waals surface area contributed by atoms with Gasteiger partial charge in [0, 0.05) is 31.1 Å². The van der Waals surface area contributed by atoms with Crippen LogP contribution in [0.25, 0.3) is 0 Å². The number of carbonyl (C=O) groups excluding carboxylic acids is 2. The molecule has 65 heavy (non-hydrogen) atoms. The Balaban J connectivity index is 2.26. The molecular formula is C47H75NO17. The van der Waals surface area contributed by atoms with Crippen molar-refractivity contribution in [2.45, 2.75) is 184 Å². The number of ketones is 1. The Hall–Kier alpha value is -3.47. The smallest absolute Gasteiger partial charge is 0.311 e. The number of nitrogens with two attached hydrogens (primary N) is 1. The molecular weight excluding hydrogens is 851 g/mol. The van der Waals surface area contributed by atoms with Crippen LogP contribution in [0.5, 0.6) is 0 Å². The number of esters is 1. The van der Waals surface area contributed by atoms with E-state index in [1.165, 1.54) is 13.0 Å². The number of aliphatic carboxylic acids is 1. The molecule has 0 saturated carbocycles. The van der Waals surface area contributed by atoms with Crippen molar-refractivity contribution in [3.63, 3.8) is 0 Å². The highest BCUT2D eigenvalue weighted by Crippen LogP contribution is 2.26. The van der Waals surface area contributed by atoms with Gasteiger partial charge in [-0.25, -0.2) is 0 Å². The highest BCUT2D eigenvalue weighted by atomic mass is 16.7. The van der Waals surface area contributed by atoms with Crippen LogP contribution in [-0.4, -0.2) is 166 Å². The van der Waals surface area contributed by atoms with Crippen molar-refractivity contribution in [1.29, 1.82) is 0 Å². The van der Waals surface area contributed by atoms with E-state index < -0.39 is 147 Å². The number of allylic oxidation sites excluding steroid dienone is 10. The predicted molar refractivity (Wildman–Crippen MR) is 238 cm³/mol. The van der Waals surface area contributed by atoms with Crippen molar-refractivity contribution in [2.24, 2.45) is 23.5 Å². The summed E-state index contributed by atoms with van der Waals surface area (Å²) in [5.74, 6) is -5.88. The molecule has 1 fully saturated rings. The molecule has 2 heterocycles. The van der Waals surface area contributed by atoms with Crippen LogP contribution in [-0.2, 0) is 28.6 Å². The molecule has 0 aromatic carbocycles. The molecule has 0 amide bonds. The minimum atomic E-state index is -1.95. The summed E-state index contributed by atoms with van der Waals surface area (Å²) in [4.78, 5) is 37.8. The normalized spacial score (nSPS) is 42.5. The SMILES string of the molecule is C[C@@H]1[C@@H](O)[C@@H](C)/C=C/C=C/CC/C=C/C=C/C=C/C=C/[C@@H](O[C@@H]2O[C@H](C)[C@@H](O)[C@H](N)[C@@H]2O)C[C@H](O)[C@@H](C(=O)O)[C@H](O)CC(=O)C[C@H](O)[C@@H](O)CC[C@@H](O)C[C@@H](O)C[C@@H](O)CC(=O)O[C@@H]1C. The molecule has 0 spiro atoms. The van der Waals surface area contributed by atoms with E-state index in [1.807, 2.05) is 43.4 Å². The quantitative estimate of drug-likeness (QED) is 0.174. The minimum absolute atomic E-state index is 0.144. The van der Waals surface area contributed by atoms with Crippen LogP contribution >= 0.6 is 0 Å². The Bertz CT molecular complexity index is 1600. The van der Waals surface area contributed by atoms with E-state index in [0.717, 1.165) is 12.8 Å². The van der Waals surface area contributed by atoms with E-state index in [2.05, 4.69) is 0 Å². The number of ether oxygens (including phenoxy) is 3. The third-order valence-corrected chi connectivity index (χ3v) is 11.7. The zero-order valence-corrected chi connectivity index (χ0v) is 37.8. The lowest BCUT2D eigenvalue weighted by Crippen LogP contribution is -2.61. The molecule has 2 aliphatic heterocycles. The van der Waals surface area contributed by atoms with E-state index >= 15 is 0 Å². The van der Waals surface area contributed by atoms with Crippen LogP contribution in [0.3, 0.4) is 0 Å². The second kappa shape index (κ2) is 30.0. The zero-order chi connectivity index (χ0) is 48.8. The minimum Gasteiger partial charge on any atom is -0.481 e. The third kappa shape index (κ3) is 21.4. The molecule has 0 unspecified atom stereocenters. The first-order valence-electron chi connectivity index (χ1n) is 22.4. The zero-order valence-electron chi connectivity index (χ0n) is 37.8. The first-order valence-corrected chi connectivity index (χ1v) is 22.4. The van der Waals surface area contributed by atoms with Crippen molar-refractivity contribution < 1.29 is 84.8 Å². The number of carboxylic acid groups (broad SMARTS) is 1. The van der Waals surface area contributed by atoms with Gasteiger partial charge in [-0.2, -0.15) is 0 Å². The fourth-order valence-corrected chi connectivity index (χ4v) is 7.45. The number of carbonyl (C=O) groups is 3. The fourth-order valence-electron chi connectivity index (χ4n) is 7.45. The molecule has 18 heteroatoms. The average Bonchev–Trinajstić information content (AvgIpc) is 3.22. The summed E-state index contributed by atoms with van der Waals surface area (Å²) in [6.45, 7) is 6.73.